The van der Waals surface area contributed by atoms with E-state index in [1.807, 2.05) is 18.4 Å². The second kappa shape index (κ2) is 6.09. The fourth-order valence-electron chi connectivity index (χ4n) is 5.44. The quantitative estimate of drug-likeness (QED) is 0.812. The Bertz CT molecular complexity index is 630. The molecule has 0 saturated heterocycles. The van der Waals surface area contributed by atoms with Crippen LogP contribution in [0.4, 0.5) is 0 Å². The van der Waals surface area contributed by atoms with Crippen LogP contribution in [0.5, 0.6) is 0 Å². The SMILES string of the molecule is C[C@@H]1CC[C@@]2(C)C(C(=O)O)=C[C@H](C)C[C@@H]2[C@@]1(C)CCc1ccoc1. The van der Waals surface area contributed by atoms with Gasteiger partial charge in [0.05, 0.1) is 12.5 Å². The molecule has 2 aliphatic rings. The summed E-state index contributed by atoms with van der Waals surface area (Å²) in [4.78, 5) is 11.9. The lowest BCUT2D eigenvalue weighted by Crippen LogP contribution is -2.52. The molecule has 3 rings (SSSR count). The van der Waals surface area contributed by atoms with E-state index < -0.39 is 5.97 Å². The number of hydrogen-bond donors (Lipinski definition) is 1. The fourth-order valence-corrected chi connectivity index (χ4v) is 5.44. The average molecular weight is 330 g/mol. The van der Waals surface area contributed by atoms with Gasteiger partial charge in [0.1, 0.15) is 0 Å². The molecule has 1 aromatic heterocycles. The number of carboxylic acids is 1. The molecule has 5 atom stereocenters. The first-order chi connectivity index (χ1) is 11.3. The highest BCUT2D eigenvalue weighted by atomic mass is 16.4. The van der Waals surface area contributed by atoms with Gasteiger partial charge >= 0.3 is 5.97 Å². The van der Waals surface area contributed by atoms with E-state index in [0.717, 1.165) is 32.1 Å². The molecule has 132 valence electrons. The summed E-state index contributed by atoms with van der Waals surface area (Å²) in [6.45, 7) is 9.12. The maximum atomic E-state index is 11.9. The van der Waals surface area contributed by atoms with Gasteiger partial charge in [-0.2, -0.15) is 0 Å². The lowest BCUT2D eigenvalue weighted by Gasteiger charge is -2.58. The van der Waals surface area contributed by atoms with Crippen LogP contribution in [-0.4, -0.2) is 11.1 Å². The Balaban J connectivity index is 1.93. The molecule has 1 fully saturated rings. The van der Waals surface area contributed by atoms with Gasteiger partial charge in [-0.25, -0.2) is 4.79 Å². The minimum atomic E-state index is -0.721. The second-order valence-corrected chi connectivity index (χ2v) is 8.65. The topological polar surface area (TPSA) is 50.4 Å². The van der Waals surface area contributed by atoms with Crippen LogP contribution in [-0.2, 0) is 11.2 Å². The van der Waals surface area contributed by atoms with Gasteiger partial charge < -0.3 is 9.52 Å². The summed E-state index contributed by atoms with van der Waals surface area (Å²) >= 11 is 0. The van der Waals surface area contributed by atoms with E-state index in [9.17, 15) is 9.90 Å². The Labute approximate surface area is 145 Å². The van der Waals surface area contributed by atoms with Crippen LogP contribution in [0.2, 0.25) is 0 Å². The highest BCUT2D eigenvalue weighted by Crippen LogP contribution is 2.62. The zero-order valence-corrected chi connectivity index (χ0v) is 15.3. The Hall–Kier alpha value is -1.51. The maximum absolute atomic E-state index is 11.9. The number of carbonyl (C=O) groups is 1. The van der Waals surface area contributed by atoms with Gasteiger partial charge in [0.25, 0.3) is 0 Å². The molecule has 0 spiro atoms. The number of carboxylic acid groups (broad SMARTS) is 1. The predicted molar refractivity (Wildman–Crippen MR) is 94.6 cm³/mol. The van der Waals surface area contributed by atoms with Gasteiger partial charge in [-0.1, -0.05) is 33.8 Å². The van der Waals surface area contributed by atoms with Gasteiger partial charge in [0.2, 0.25) is 0 Å². The van der Waals surface area contributed by atoms with Crippen molar-refractivity contribution in [2.45, 2.75) is 59.8 Å². The predicted octanol–water partition coefficient (Wildman–Crippen LogP) is 5.32. The molecule has 0 amide bonds. The van der Waals surface area contributed by atoms with Crippen molar-refractivity contribution >= 4 is 5.97 Å². The third kappa shape index (κ3) is 2.72. The molecule has 2 aliphatic carbocycles. The normalized spacial score (nSPS) is 39.2. The molecule has 3 heteroatoms. The van der Waals surface area contributed by atoms with Crippen LogP contribution in [0, 0.1) is 28.6 Å². The number of furan rings is 1. The van der Waals surface area contributed by atoms with Crippen molar-refractivity contribution in [3.63, 3.8) is 0 Å². The lowest BCUT2D eigenvalue weighted by molar-refractivity contribution is -0.137. The second-order valence-electron chi connectivity index (χ2n) is 8.65. The maximum Gasteiger partial charge on any atom is 0.331 e. The lowest BCUT2D eigenvalue weighted by atomic mass is 9.46. The summed E-state index contributed by atoms with van der Waals surface area (Å²) in [6.07, 6.45) is 10.9. The van der Waals surface area contributed by atoms with Crippen LogP contribution in [0.15, 0.2) is 34.7 Å². The van der Waals surface area contributed by atoms with Crippen molar-refractivity contribution < 1.29 is 14.3 Å². The van der Waals surface area contributed by atoms with Gasteiger partial charge in [0.15, 0.2) is 0 Å². The number of allylic oxidation sites excluding steroid dienone is 1. The molecule has 0 bridgehead atoms. The molecule has 0 unspecified atom stereocenters. The third-order valence-electron chi connectivity index (χ3n) is 7.22. The smallest absolute Gasteiger partial charge is 0.331 e. The Morgan fingerprint density at radius 1 is 1.38 bits per heavy atom. The molecule has 1 saturated carbocycles. The summed E-state index contributed by atoms with van der Waals surface area (Å²) in [5.74, 6) is 0.656. The Morgan fingerprint density at radius 2 is 2.12 bits per heavy atom. The van der Waals surface area contributed by atoms with Gasteiger partial charge in [-0.15, -0.1) is 0 Å². The number of rotatable bonds is 4. The molecule has 0 aliphatic heterocycles. The summed E-state index contributed by atoms with van der Waals surface area (Å²) in [6, 6.07) is 2.04. The van der Waals surface area contributed by atoms with Crippen LogP contribution in [0.25, 0.3) is 0 Å². The number of fused-ring (bicyclic) bond motifs is 1. The zero-order valence-electron chi connectivity index (χ0n) is 15.3. The molecule has 0 aromatic carbocycles. The van der Waals surface area contributed by atoms with Crippen LogP contribution < -0.4 is 0 Å². The van der Waals surface area contributed by atoms with Crippen molar-refractivity contribution in [1.82, 2.24) is 0 Å². The summed E-state index contributed by atoms with van der Waals surface area (Å²) in [5, 5.41) is 9.80. The van der Waals surface area contributed by atoms with Crippen molar-refractivity contribution in [3.8, 4) is 0 Å². The van der Waals surface area contributed by atoms with Crippen LogP contribution in [0.1, 0.15) is 58.9 Å². The van der Waals surface area contributed by atoms with Crippen molar-refractivity contribution in [2.24, 2.45) is 28.6 Å². The van der Waals surface area contributed by atoms with E-state index >= 15 is 0 Å². The van der Waals surface area contributed by atoms with E-state index in [0.29, 0.717) is 23.3 Å². The van der Waals surface area contributed by atoms with Crippen molar-refractivity contribution in [2.75, 3.05) is 0 Å². The molecule has 1 aromatic rings. The van der Waals surface area contributed by atoms with E-state index in [1.165, 1.54) is 5.56 Å². The molecule has 1 N–H and O–H groups in total. The zero-order chi connectivity index (χ0) is 17.5. The minimum absolute atomic E-state index is 0.160. The standard InChI is InChI=1S/C21H30O3/c1-14-11-17(19(22)23)21(4)8-5-15(2)20(3,18(21)12-14)9-6-16-7-10-24-13-16/h7,10-11,13-15,18H,5-6,8-9,12H2,1-4H3,(H,22,23)/t14-,15+,18+,20-,21-/m0/s1. The van der Waals surface area contributed by atoms with Gasteiger partial charge in [0, 0.05) is 11.0 Å². The van der Waals surface area contributed by atoms with Gasteiger partial charge in [-0.05, 0) is 66.9 Å². The first-order valence-electron chi connectivity index (χ1n) is 9.24. The Morgan fingerprint density at radius 3 is 2.75 bits per heavy atom. The molecule has 24 heavy (non-hydrogen) atoms. The van der Waals surface area contributed by atoms with E-state index in [2.05, 4.69) is 27.7 Å². The number of hydrogen-bond acceptors (Lipinski definition) is 2. The third-order valence-corrected chi connectivity index (χ3v) is 7.22. The van der Waals surface area contributed by atoms with Gasteiger partial charge in [-0.3, -0.25) is 0 Å². The molecular formula is C21H30O3. The summed E-state index contributed by atoms with van der Waals surface area (Å²) in [7, 11) is 0. The first-order valence-corrected chi connectivity index (χ1v) is 9.24. The molecular weight excluding hydrogens is 300 g/mol. The van der Waals surface area contributed by atoms with E-state index in [4.69, 9.17) is 4.42 Å². The van der Waals surface area contributed by atoms with E-state index in [-0.39, 0.29) is 10.8 Å². The van der Waals surface area contributed by atoms with E-state index in [1.54, 1.807) is 6.26 Å². The Kier molecular flexibility index (Phi) is 4.39. The highest BCUT2D eigenvalue weighted by Gasteiger charge is 2.55. The van der Waals surface area contributed by atoms with Crippen LogP contribution in [0.3, 0.4) is 0 Å². The first kappa shape index (κ1) is 17.3. The average Bonchev–Trinajstić information content (AvgIpc) is 3.04. The highest BCUT2D eigenvalue weighted by molar-refractivity contribution is 5.88. The minimum Gasteiger partial charge on any atom is -0.478 e. The fraction of sp³-hybridized carbons (Fsp3) is 0.667. The largest absolute Gasteiger partial charge is 0.478 e. The molecule has 3 nitrogen and oxygen atoms in total. The van der Waals surface area contributed by atoms with Crippen molar-refractivity contribution in [1.29, 1.82) is 0 Å². The summed E-state index contributed by atoms with van der Waals surface area (Å²) in [5.41, 5.74) is 1.87. The summed E-state index contributed by atoms with van der Waals surface area (Å²) < 4.78 is 5.22. The molecule has 0 radical (unpaired) electrons. The molecule has 1 heterocycles. The number of aryl methyl sites for hydroxylation is 1. The van der Waals surface area contributed by atoms with Crippen molar-refractivity contribution in [3.05, 3.63) is 35.8 Å². The monoisotopic (exact) mass is 330 g/mol. The number of aliphatic carboxylic acids is 1. The van der Waals surface area contributed by atoms with Crippen LogP contribution >= 0.6 is 0 Å².